The van der Waals surface area contributed by atoms with Gasteiger partial charge in [0, 0.05) is 13.2 Å². The summed E-state index contributed by atoms with van der Waals surface area (Å²) in [5.74, 6) is 0. The highest BCUT2D eigenvalue weighted by atomic mass is 16.5. The normalized spacial score (nSPS) is 12.6. The maximum atomic E-state index is 5.55. The van der Waals surface area contributed by atoms with E-state index in [-0.39, 0.29) is 6.10 Å². The minimum absolute atomic E-state index is 0.0285. The molecule has 3 nitrogen and oxygen atoms in total. The molecule has 0 heterocycles. The molecule has 1 rings (SSSR count). The van der Waals surface area contributed by atoms with Gasteiger partial charge in [0.15, 0.2) is 0 Å². The van der Waals surface area contributed by atoms with Crippen LogP contribution in [0.1, 0.15) is 12.5 Å². The minimum Gasteiger partial charge on any atom is -0.378 e. The van der Waals surface area contributed by atoms with Crippen molar-refractivity contribution < 1.29 is 9.47 Å². The third kappa shape index (κ3) is 5.26. The Labute approximate surface area is 97.6 Å². The second-order valence-corrected chi connectivity index (χ2v) is 3.62. The Bertz CT molecular complexity index is 264. The van der Waals surface area contributed by atoms with Crippen molar-refractivity contribution in [1.82, 2.24) is 0 Å². The summed E-state index contributed by atoms with van der Waals surface area (Å²) in [6.07, 6.45) is 0.963. The highest BCUT2D eigenvalue weighted by molar-refractivity contribution is 5.14. The van der Waals surface area contributed by atoms with Crippen LogP contribution in [-0.2, 0) is 15.9 Å². The zero-order valence-corrected chi connectivity index (χ0v) is 9.89. The van der Waals surface area contributed by atoms with Crippen molar-refractivity contribution in [3.8, 4) is 0 Å². The quantitative estimate of drug-likeness (QED) is 0.681. The second kappa shape index (κ2) is 8.28. The Hall–Kier alpha value is -0.900. The van der Waals surface area contributed by atoms with Gasteiger partial charge in [-0.15, -0.1) is 0 Å². The van der Waals surface area contributed by atoms with Gasteiger partial charge in [0.2, 0.25) is 0 Å². The summed E-state index contributed by atoms with van der Waals surface area (Å²) in [5, 5.41) is 0. The maximum absolute atomic E-state index is 5.55. The molecule has 0 saturated carbocycles. The third-order valence-electron chi connectivity index (χ3n) is 2.35. The molecular weight excluding hydrogens is 202 g/mol. The highest BCUT2D eigenvalue weighted by Gasteiger charge is 2.05. The fraction of sp³-hybridized carbons (Fsp3) is 0.538. The number of hydrogen-bond donors (Lipinski definition) is 1. The van der Waals surface area contributed by atoms with E-state index in [9.17, 15) is 0 Å². The minimum atomic E-state index is 0.0285. The molecule has 0 aliphatic heterocycles. The van der Waals surface area contributed by atoms with Crippen molar-refractivity contribution in [3.05, 3.63) is 35.9 Å². The van der Waals surface area contributed by atoms with E-state index in [1.807, 2.05) is 25.1 Å². The van der Waals surface area contributed by atoms with Gasteiger partial charge in [0.1, 0.15) is 0 Å². The topological polar surface area (TPSA) is 44.5 Å². The van der Waals surface area contributed by atoms with Crippen molar-refractivity contribution in [2.75, 3.05) is 26.4 Å². The van der Waals surface area contributed by atoms with Crippen molar-refractivity contribution in [1.29, 1.82) is 0 Å². The van der Waals surface area contributed by atoms with Gasteiger partial charge in [-0.3, -0.25) is 0 Å². The molecule has 2 N–H and O–H groups in total. The molecule has 1 unspecified atom stereocenters. The summed E-state index contributed by atoms with van der Waals surface area (Å²) in [6, 6.07) is 10.3. The van der Waals surface area contributed by atoms with E-state index in [1.165, 1.54) is 5.56 Å². The van der Waals surface area contributed by atoms with Crippen molar-refractivity contribution in [2.45, 2.75) is 19.4 Å². The summed E-state index contributed by atoms with van der Waals surface area (Å²) < 4.78 is 10.9. The first kappa shape index (κ1) is 13.2. The van der Waals surface area contributed by atoms with Crippen LogP contribution in [-0.4, -0.2) is 32.5 Å². The molecule has 0 spiro atoms. The smallest absolute Gasteiger partial charge is 0.0930 e. The molecule has 16 heavy (non-hydrogen) atoms. The first-order valence-electron chi connectivity index (χ1n) is 5.80. The molecule has 0 amide bonds. The van der Waals surface area contributed by atoms with E-state index < -0.39 is 0 Å². The van der Waals surface area contributed by atoms with Crippen LogP contribution in [0, 0.1) is 0 Å². The Morgan fingerprint density at radius 3 is 2.62 bits per heavy atom. The van der Waals surface area contributed by atoms with Crippen molar-refractivity contribution in [3.63, 3.8) is 0 Å². The zero-order chi connectivity index (χ0) is 11.6. The molecule has 0 aliphatic rings. The molecule has 3 heteroatoms. The highest BCUT2D eigenvalue weighted by Crippen LogP contribution is 2.00. The van der Waals surface area contributed by atoms with Gasteiger partial charge in [-0.1, -0.05) is 30.3 Å². The van der Waals surface area contributed by atoms with Crippen LogP contribution in [0.25, 0.3) is 0 Å². The second-order valence-electron chi connectivity index (χ2n) is 3.62. The fourth-order valence-electron chi connectivity index (χ4n) is 1.47. The number of hydrogen-bond acceptors (Lipinski definition) is 3. The van der Waals surface area contributed by atoms with Gasteiger partial charge >= 0.3 is 0 Å². The molecule has 0 saturated heterocycles. The van der Waals surface area contributed by atoms with Crippen LogP contribution in [0.3, 0.4) is 0 Å². The lowest BCUT2D eigenvalue weighted by molar-refractivity contribution is -0.00568. The van der Waals surface area contributed by atoms with Gasteiger partial charge in [0.05, 0.1) is 19.3 Å². The van der Waals surface area contributed by atoms with Crippen LogP contribution in [0.5, 0.6) is 0 Å². The molecular formula is C13H21NO2. The van der Waals surface area contributed by atoms with Crippen LogP contribution in [0.15, 0.2) is 30.3 Å². The number of ether oxygens (including phenoxy) is 2. The van der Waals surface area contributed by atoms with E-state index in [0.717, 1.165) is 6.42 Å². The molecule has 0 aromatic heterocycles. The Balaban J connectivity index is 2.11. The molecule has 1 atom stereocenters. The first-order valence-corrected chi connectivity index (χ1v) is 5.80. The molecule has 0 radical (unpaired) electrons. The Morgan fingerprint density at radius 2 is 2.00 bits per heavy atom. The SMILES string of the molecule is CCOC(CN)COCCc1ccccc1. The summed E-state index contributed by atoms with van der Waals surface area (Å²) in [4.78, 5) is 0. The van der Waals surface area contributed by atoms with Crippen LogP contribution in [0.4, 0.5) is 0 Å². The molecule has 0 bridgehead atoms. The van der Waals surface area contributed by atoms with Gasteiger partial charge in [-0.05, 0) is 18.9 Å². The van der Waals surface area contributed by atoms with E-state index in [2.05, 4.69) is 12.1 Å². The summed E-state index contributed by atoms with van der Waals surface area (Å²) in [6.45, 7) is 4.46. The van der Waals surface area contributed by atoms with Gasteiger partial charge in [-0.25, -0.2) is 0 Å². The summed E-state index contributed by atoms with van der Waals surface area (Å²) in [5.41, 5.74) is 6.84. The largest absolute Gasteiger partial charge is 0.378 e. The molecule has 0 fully saturated rings. The molecule has 90 valence electrons. The Kier molecular flexibility index (Phi) is 6.81. The molecule has 1 aromatic carbocycles. The number of rotatable bonds is 8. The summed E-state index contributed by atoms with van der Waals surface area (Å²) in [7, 11) is 0. The van der Waals surface area contributed by atoms with Crippen molar-refractivity contribution >= 4 is 0 Å². The lowest BCUT2D eigenvalue weighted by atomic mass is 10.2. The van der Waals surface area contributed by atoms with Crippen LogP contribution in [0.2, 0.25) is 0 Å². The predicted octanol–water partition coefficient (Wildman–Crippen LogP) is 1.61. The first-order chi connectivity index (χ1) is 7.86. The maximum Gasteiger partial charge on any atom is 0.0930 e. The number of nitrogens with two attached hydrogens (primary N) is 1. The van der Waals surface area contributed by atoms with E-state index in [0.29, 0.717) is 26.4 Å². The van der Waals surface area contributed by atoms with E-state index in [1.54, 1.807) is 0 Å². The van der Waals surface area contributed by atoms with Gasteiger partial charge < -0.3 is 15.2 Å². The van der Waals surface area contributed by atoms with E-state index >= 15 is 0 Å². The number of benzene rings is 1. The summed E-state index contributed by atoms with van der Waals surface area (Å²) >= 11 is 0. The zero-order valence-electron chi connectivity index (χ0n) is 9.89. The van der Waals surface area contributed by atoms with Crippen LogP contribution >= 0.6 is 0 Å². The third-order valence-corrected chi connectivity index (χ3v) is 2.35. The predicted molar refractivity (Wildman–Crippen MR) is 65.4 cm³/mol. The monoisotopic (exact) mass is 223 g/mol. The lowest BCUT2D eigenvalue weighted by Crippen LogP contribution is -2.29. The van der Waals surface area contributed by atoms with Crippen molar-refractivity contribution in [2.24, 2.45) is 5.73 Å². The fourth-order valence-corrected chi connectivity index (χ4v) is 1.47. The average molecular weight is 223 g/mol. The molecule has 1 aromatic rings. The van der Waals surface area contributed by atoms with Gasteiger partial charge in [0.25, 0.3) is 0 Å². The lowest BCUT2D eigenvalue weighted by Gasteiger charge is -2.14. The average Bonchev–Trinajstić information content (AvgIpc) is 2.34. The standard InChI is InChI=1S/C13H21NO2/c1-2-16-13(10-14)11-15-9-8-12-6-4-3-5-7-12/h3-7,13H,2,8-11,14H2,1H3. The Morgan fingerprint density at radius 1 is 1.25 bits per heavy atom. The molecule has 0 aliphatic carbocycles. The van der Waals surface area contributed by atoms with Gasteiger partial charge in [-0.2, -0.15) is 0 Å². The van der Waals surface area contributed by atoms with Crippen LogP contribution < -0.4 is 5.73 Å². The van der Waals surface area contributed by atoms with E-state index in [4.69, 9.17) is 15.2 Å².